The molecule has 2 aromatic rings. The zero-order chi connectivity index (χ0) is 31.5. The van der Waals surface area contributed by atoms with Gasteiger partial charge < -0.3 is 23.5 Å². The van der Waals surface area contributed by atoms with Gasteiger partial charge in [0.05, 0.1) is 24.1 Å². The van der Waals surface area contributed by atoms with Crippen molar-refractivity contribution in [3.05, 3.63) is 65.8 Å². The summed E-state index contributed by atoms with van der Waals surface area (Å²) in [6, 6.07) is 3.70. The first kappa shape index (κ1) is 32.5. The molecule has 1 aromatic heterocycles. The van der Waals surface area contributed by atoms with Crippen molar-refractivity contribution in [2.75, 3.05) is 11.4 Å². The number of amides is 1. The second-order valence-corrected chi connectivity index (χ2v) is 13.1. The SMILES string of the molecule is Cc1cc(N(CCn2ccnc2)C(=O)OC(C)(C)C)cc2c1C(=O)O[C@@H](C)[C@H](C)/C=C\[C@@H](C)[C@H]1OC(C)(C)O[C@H]1CC=C2. The molecule has 4 rings (SSSR count). The summed E-state index contributed by atoms with van der Waals surface area (Å²) in [5.74, 6) is -0.995. The number of fused-ring (bicyclic) bond motifs is 2. The highest BCUT2D eigenvalue weighted by atomic mass is 16.8. The monoisotopic (exact) mass is 593 g/mol. The van der Waals surface area contributed by atoms with Crippen molar-refractivity contribution in [2.24, 2.45) is 11.8 Å². The second-order valence-electron chi connectivity index (χ2n) is 13.1. The van der Waals surface area contributed by atoms with Gasteiger partial charge in [-0.25, -0.2) is 14.6 Å². The molecule has 0 N–H and O–H groups in total. The number of aryl methyl sites for hydroxylation is 1. The number of hydrogen-bond donors (Lipinski definition) is 0. The lowest BCUT2D eigenvalue weighted by Crippen LogP contribution is -2.39. The lowest BCUT2D eigenvalue weighted by Gasteiger charge is -2.28. The van der Waals surface area contributed by atoms with Crippen LogP contribution >= 0.6 is 0 Å². The highest BCUT2D eigenvalue weighted by Gasteiger charge is 2.42. The van der Waals surface area contributed by atoms with E-state index in [4.69, 9.17) is 18.9 Å². The van der Waals surface area contributed by atoms with E-state index in [0.29, 0.717) is 41.9 Å². The van der Waals surface area contributed by atoms with Crippen LogP contribution < -0.4 is 4.90 Å². The van der Waals surface area contributed by atoms with Gasteiger partial charge in [0.1, 0.15) is 11.7 Å². The fraction of sp³-hybridized carbons (Fsp3) is 0.559. The van der Waals surface area contributed by atoms with Crippen molar-refractivity contribution >= 4 is 23.8 Å². The Morgan fingerprint density at radius 3 is 2.53 bits per heavy atom. The average molecular weight is 594 g/mol. The minimum Gasteiger partial charge on any atom is -0.458 e. The molecule has 0 bridgehead atoms. The number of aromatic nitrogens is 2. The van der Waals surface area contributed by atoms with Gasteiger partial charge in [-0.1, -0.05) is 38.2 Å². The number of nitrogens with zero attached hydrogens (tertiary/aromatic N) is 3. The van der Waals surface area contributed by atoms with E-state index in [-0.39, 0.29) is 30.1 Å². The van der Waals surface area contributed by atoms with Crippen molar-refractivity contribution in [1.82, 2.24) is 9.55 Å². The number of hydrogen-bond acceptors (Lipinski definition) is 7. The molecule has 2 aliphatic heterocycles. The summed E-state index contributed by atoms with van der Waals surface area (Å²) in [6.45, 7) is 18.2. The Balaban J connectivity index is 1.76. The second kappa shape index (κ2) is 13.1. The molecule has 1 fully saturated rings. The Bertz CT molecular complexity index is 1340. The maximum Gasteiger partial charge on any atom is 0.414 e. The third kappa shape index (κ3) is 8.36. The first-order chi connectivity index (χ1) is 20.1. The van der Waals surface area contributed by atoms with Crippen LogP contribution in [0.4, 0.5) is 10.5 Å². The number of imidazole rings is 1. The van der Waals surface area contributed by atoms with E-state index >= 15 is 0 Å². The minimum atomic E-state index is -0.692. The first-order valence-corrected chi connectivity index (χ1v) is 15.2. The summed E-state index contributed by atoms with van der Waals surface area (Å²) in [5, 5.41) is 0. The smallest absolute Gasteiger partial charge is 0.414 e. The van der Waals surface area contributed by atoms with Gasteiger partial charge in [0, 0.05) is 43.0 Å². The van der Waals surface area contributed by atoms with Crippen LogP contribution in [0.15, 0.2) is 49.1 Å². The van der Waals surface area contributed by atoms with Crippen molar-refractivity contribution in [3.63, 3.8) is 0 Å². The third-order valence-corrected chi connectivity index (χ3v) is 7.78. The Morgan fingerprint density at radius 1 is 1.14 bits per heavy atom. The van der Waals surface area contributed by atoms with E-state index in [0.717, 1.165) is 0 Å². The fourth-order valence-electron chi connectivity index (χ4n) is 5.41. The predicted molar refractivity (Wildman–Crippen MR) is 167 cm³/mol. The first-order valence-electron chi connectivity index (χ1n) is 15.2. The van der Waals surface area contributed by atoms with Crippen LogP contribution in [0.1, 0.15) is 83.3 Å². The number of carbonyl (C=O) groups excluding carboxylic acids is 2. The topological polar surface area (TPSA) is 92.1 Å². The number of esters is 1. The van der Waals surface area contributed by atoms with Gasteiger partial charge in [-0.05, 0) is 78.1 Å². The fourth-order valence-corrected chi connectivity index (χ4v) is 5.41. The molecule has 3 heterocycles. The minimum absolute atomic E-state index is 0.00692. The van der Waals surface area contributed by atoms with Crippen LogP contribution in [0.3, 0.4) is 0 Å². The molecule has 9 heteroatoms. The molecule has 1 amide bonds. The number of cyclic esters (lactones) is 1. The summed E-state index contributed by atoms with van der Waals surface area (Å²) in [7, 11) is 0. The van der Waals surface area contributed by atoms with Gasteiger partial charge in [-0.2, -0.15) is 0 Å². The van der Waals surface area contributed by atoms with Crippen molar-refractivity contribution in [3.8, 4) is 0 Å². The van der Waals surface area contributed by atoms with E-state index in [2.05, 4.69) is 24.1 Å². The van der Waals surface area contributed by atoms with Gasteiger partial charge in [0.15, 0.2) is 5.79 Å². The number of ether oxygens (including phenoxy) is 4. The van der Waals surface area contributed by atoms with Crippen LogP contribution in [0.5, 0.6) is 0 Å². The van der Waals surface area contributed by atoms with E-state index in [1.165, 1.54) is 0 Å². The van der Waals surface area contributed by atoms with Crippen LogP contribution in [0, 0.1) is 18.8 Å². The molecule has 0 aliphatic carbocycles. The standard InChI is InChI=1S/C34H47N3O6/c1-22-13-14-23(2)30-28(41-34(8,9)42-30)12-10-11-26-20-27(19-24(3)29(26)31(38)40-25(22)4)37(32(39)43-33(5,6)7)18-17-36-16-15-35-21-36/h10-11,13-16,19-23,25,28,30H,12,17-18H2,1-9H3/b11-10?,14-13-/t22-,23-,25+,28+,30-/m1/s1. The highest BCUT2D eigenvalue weighted by molar-refractivity contribution is 5.97. The van der Waals surface area contributed by atoms with E-state index in [9.17, 15) is 9.59 Å². The van der Waals surface area contributed by atoms with Crippen LogP contribution in [0.25, 0.3) is 6.08 Å². The number of carbonyl (C=O) groups is 2. The predicted octanol–water partition coefficient (Wildman–Crippen LogP) is 6.94. The lowest BCUT2D eigenvalue weighted by atomic mass is 9.93. The van der Waals surface area contributed by atoms with Gasteiger partial charge in [0.2, 0.25) is 0 Å². The van der Waals surface area contributed by atoms with Crippen LogP contribution in [0.2, 0.25) is 0 Å². The highest BCUT2D eigenvalue weighted by Crippen LogP contribution is 2.35. The molecule has 43 heavy (non-hydrogen) atoms. The molecule has 1 aromatic carbocycles. The largest absolute Gasteiger partial charge is 0.458 e. The maximum atomic E-state index is 13.6. The van der Waals surface area contributed by atoms with E-state index in [1.54, 1.807) is 17.4 Å². The van der Waals surface area contributed by atoms with Crippen LogP contribution in [-0.2, 0) is 25.5 Å². The van der Waals surface area contributed by atoms with Gasteiger partial charge in [0.25, 0.3) is 0 Å². The Labute approximate surface area is 255 Å². The molecule has 0 unspecified atom stereocenters. The lowest BCUT2D eigenvalue weighted by molar-refractivity contribution is -0.148. The molecule has 2 aliphatic rings. The van der Waals surface area contributed by atoms with E-state index < -0.39 is 23.5 Å². The zero-order valence-electron chi connectivity index (χ0n) is 27.0. The number of anilines is 1. The quantitative estimate of drug-likeness (QED) is 0.280. The van der Waals surface area contributed by atoms with Crippen LogP contribution in [-0.4, -0.2) is 57.9 Å². The molecule has 5 atom stereocenters. The van der Waals surface area contributed by atoms with Crippen molar-refractivity contribution in [2.45, 2.75) is 105 Å². The van der Waals surface area contributed by atoms with Gasteiger partial charge in [-0.3, -0.25) is 4.90 Å². The van der Waals surface area contributed by atoms with Gasteiger partial charge in [-0.15, -0.1) is 0 Å². The molecule has 0 spiro atoms. The molecule has 0 radical (unpaired) electrons. The normalized spacial score (nSPS) is 26.5. The summed E-state index contributed by atoms with van der Waals surface area (Å²) in [6.07, 6.45) is 12.9. The number of rotatable bonds is 4. The molecule has 1 saturated heterocycles. The van der Waals surface area contributed by atoms with Gasteiger partial charge >= 0.3 is 12.1 Å². The summed E-state index contributed by atoms with van der Waals surface area (Å²) in [5.41, 5.74) is 1.78. The maximum absolute atomic E-state index is 13.6. The average Bonchev–Trinajstić information content (AvgIpc) is 3.52. The van der Waals surface area contributed by atoms with Crippen molar-refractivity contribution < 1.29 is 28.5 Å². The molecule has 9 nitrogen and oxygen atoms in total. The van der Waals surface area contributed by atoms with Crippen molar-refractivity contribution in [1.29, 1.82) is 0 Å². The summed E-state index contributed by atoms with van der Waals surface area (Å²) in [4.78, 5) is 32.8. The summed E-state index contributed by atoms with van der Waals surface area (Å²) >= 11 is 0. The zero-order valence-corrected chi connectivity index (χ0v) is 27.0. The third-order valence-electron chi connectivity index (χ3n) is 7.78. The summed E-state index contributed by atoms with van der Waals surface area (Å²) < 4.78 is 26.3. The Morgan fingerprint density at radius 2 is 1.86 bits per heavy atom. The van der Waals surface area contributed by atoms with E-state index in [1.807, 2.05) is 90.4 Å². The number of benzene rings is 1. The molecule has 0 saturated carbocycles. The Hall–Kier alpha value is -3.43. The molecule has 234 valence electrons. The molecular formula is C34H47N3O6. The molecular weight excluding hydrogens is 546 g/mol. The Kier molecular flexibility index (Phi) is 9.86.